The molecule has 1 aliphatic heterocycles. The summed E-state index contributed by atoms with van der Waals surface area (Å²) in [6, 6.07) is 7.73. The number of aryl methyl sites for hydroxylation is 1. The maximum Gasteiger partial charge on any atom is 0.410 e. The summed E-state index contributed by atoms with van der Waals surface area (Å²) >= 11 is 0. The SMILES string of the molecule is Cc1ccccc1/C(C1=CCN(C(=O)OC(C)(C)C)CC1)=C(\OC=O)C(C)O. The Balaban J connectivity index is 2.41. The first-order valence-electron chi connectivity index (χ1n) is 9.40. The smallest absolute Gasteiger partial charge is 0.410 e. The van der Waals surface area contributed by atoms with Crippen molar-refractivity contribution in [2.75, 3.05) is 13.1 Å². The molecule has 1 aromatic carbocycles. The highest BCUT2D eigenvalue weighted by atomic mass is 16.6. The van der Waals surface area contributed by atoms with Crippen molar-refractivity contribution >= 4 is 18.1 Å². The summed E-state index contributed by atoms with van der Waals surface area (Å²) in [5, 5.41) is 10.2. The normalized spacial score (nSPS) is 16.6. The van der Waals surface area contributed by atoms with Crippen LogP contribution >= 0.6 is 0 Å². The van der Waals surface area contributed by atoms with Crippen molar-refractivity contribution in [1.29, 1.82) is 0 Å². The van der Waals surface area contributed by atoms with Crippen molar-refractivity contribution < 1.29 is 24.2 Å². The number of hydrogen-bond donors (Lipinski definition) is 1. The number of allylic oxidation sites excluding steroid dienone is 1. The molecule has 0 saturated heterocycles. The number of aliphatic hydroxyl groups excluding tert-OH is 1. The Morgan fingerprint density at radius 2 is 1.96 bits per heavy atom. The number of aliphatic hydroxyl groups is 1. The van der Waals surface area contributed by atoms with Crippen LogP contribution in [-0.2, 0) is 14.3 Å². The second kappa shape index (κ2) is 9.06. The fourth-order valence-electron chi connectivity index (χ4n) is 3.12. The maximum absolute atomic E-state index is 12.3. The summed E-state index contributed by atoms with van der Waals surface area (Å²) in [4.78, 5) is 25.0. The average molecular weight is 387 g/mol. The Kier molecular flexibility index (Phi) is 7.02. The van der Waals surface area contributed by atoms with Crippen molar-refractivity contribution in [2.45, 2.75) is 52.7 Å². The van der Waals surface area contributed by atoms with Crippen LogP contribution in [0.15, 0.2) is 41.7 Å². The number of benzene rings is 1. The second-order valence-corrected chi connectivity index (χ2v) is 7.85. The number of ether oxygens (including phenoxy) is 2. The average Bonchev–Trinajstić information content (AvgIpc) is 2.61. The monoisotopic (exact) mass is 387 g/mol. The molecule has 1 N–H and O–H groups in total. The van der Waals surface area contributed by atoms with E-state index in [1.807, 2.05) is 58.0 Å². The molecule has 1 atom stereocenters. The van der Waals surface area contributed by atoms with E-state index in [1.54, 1.807) is 11.8 Å². The summed E-state index contributed by atoms with van der Waals surface area (Å²) in [6.45, 7) is 10.2. The lowest BCUT2D eigenvalue weighted by atomic mass is 9.89. The van der Waals surface area contributed by atoms with Crippen LogP contribution in [-0.4, -0.2) is 47.4 Å². The van der Waals surface area contributed by atoms with Gasteiger partial charge in [-0.05, 0) is 57.7 Å². The standard InChI is InChI=1S/C22H29NO5/c1-15-8-6-7-9-18(15)19(20(16(2)25)27-14-24)17-10-12-23(13-11-17)21(26)28-22(3,4)5/h6-10,14,16,25H,11-13H2,1-5H3/b20-19-. The van der Waals surface area contributed by atoms with Crippen LogP contribution in [0.4, 0.5) is 4.79 Å². The highest BCUT2D eigenvalue weighted by Gasteiger charge is 2.27. The first-order valence-corrected chi connectivity index (χ1v) is 9.40. The van der Waals surface area contributed by atoms with Crippen LogP contribution in [0.5, 0.6) is 0 Å². The van der Waals surface area contributed by atoms with Crippen molar-refractivity contribution in [3.63, 3.8) is 0 Å². The fraction of sp³-hybridized carbons (Fsp3) is 0.455. The number of carbonyl (C=O) groups excluding carboxylic acids is 2. The predicted molar refractivity (Wildman–Crippen MR) is 107 cm³/mol. The van der Waals surface area contributed by atoms with Gasteiger partial charge >= 0.3 is 6.09 Å². The molecule has 1 unspecified atom stereocenters. The lowest BCUT2D eigenvalue weighted by Crippen LogP contribution is -2.39. The Hall–Kier alpha value is -2.60. The third-order valence-corrected chi connectivity index (χ3v) is 4.40. The quantitative estimate of drug-likeness (QED) is 0.614. The number of hydrogen-bond acceptors (Lipinski definition) is 5. The van der Waals surface area contributed by atoms with Crippen LogP contribution in [0.2, 0.25) is 0 Å². The third-order valence-electron chi connectivity index (χ3n) is 4.40. The largest absolute Gasteiger partial charge is 0.444 e. The molecule has 0 aliphatic carbocycles. The molecule has 6 nitrogen and oxygen atoms in total. The third kappa shape index (κ3) is 5.45. The number of carbonyl (C=O) groups is 2. The molecular formula is C22H29NO5. The number of amides is 1. The summed E-state index contributed by atoms with van der Waals surface area (Å²) in [5.74, 6) is 0.210. The number of nitrogens with zero attached hydrogens (tertiary/aromatic N) is 1. The van der Waals surface area contributed by atoms with Gasteiger partial charge in [0.1, 0.15) is 17.5 Å². The highest BCUT2D eigenvalue weighted by molar-refractivity contribution is 5.84. The van der Waals surface area contributed by atoms with Gasteiger partial charge in [-0.3, -0.25) is 4.79 Å². The zero-order valence-electron chi connectivity index (χ0n) is 17.2. The van der Waals surface area contributed by atoms with E-state index in [1.165, 1.54) is 0 Å². The topological polar surface area (TPSA) is 76.1 Å². The van der Waals surface area contributed by atoms with Gasteiger partial charge in [0.2, 0.25) is 0 Å². The van der Waals surface area contributed by atoms with E-state index in [0.29, 0.717) is 31.6 Å². The molecule has 0 saturated carbocycles. The molecule has 2 rings (SSSR count). The van der Waals surface area contributed by atoms with Crippen LogP contribution in [0.3, 0.4) is 0 Å². The van der Waals surface area contributed by atoms with E-state index in [0.717, 1.165) is 16.7 Å². The number of rotatable bonds is 5. The molecule has 6 heteroatoms. The van der Waals surface area contributed by atoms with Gasteiger partial charge in [-0.25, -0.2) is 4.79 Å². The van der Waals surface area contributed by atoms with Gasteiger partial charge in [-0.1, -0.05) is 30.3 Å². The van der Waals surface area contributed by atoms with Gasteiger partial charge in [-0.2, -0.15) is 0 Å². The van der Waals surface area contributed by atoms with E-state index in [4.69, 9.17) is 9.47 Å². The fourth-order valence-corrected chi connectivity index (χ4v) is 3.12. The van der Waals surface area contributed by atoms with Crippen LogP contribution in [0, 0.1) is 6.92 Å². The minimum Gasteiger partial charge on any atom is -0.444 e. The van der Waals surface area contributed by atoms with Gasteiger partial charge in [-0.15, -0.1) is 0 Å². The van der Waals surface area contributed by atoms with Gasteiger partial charge in [0.05, 0.1) is 0 Å². The Bertz CT molecular complexity index is 786. The van der Waals surface area contributed by atoms with E-state index in [9.17, 15) is 14.7 Å². The zero-order valence-corrected chi connectivity index (χ0v) is 17.2. The Morgan fingerprint density at radius 3 is 2.46 bits per heavy atom. The molecule has 0 fully saturated rings. The van der Waals surface area contributed by atoms with E-state index in [2.05, 4.69) is 0 Å². The van der Waals surface area contributed by atoms with Crippen molar-refractivity contribution in [3.05, 3.63) is 52.8 Å². The van der Waals surface area contributed by atoms with Crippen molar-refractivity contribution in [2.24, 2.45) is 0 Å². The minimum atomic E-state index is -0.954. The molecule has 0 bridgehead atoms. The summed E-state index contributed by atoms with van der Waals surface area (Å²) in [5.41, 5.74) is 2.96. The van der Waals surface area contributed by atoms with Crippen LogP contribution in [0.25, 0.3) is 5.57 Å². The van der Waals surface area contributed by atoms with Crippen molar-refractivity contribution in [1.82, 2.24) is 4.90 Å². The summed E-state index contributed by atoms with van der Waals surface area (Å²) < 4.78 is 10.6. The molecular weight excluding hydrogens is 358 g/mol. The maximum atomic E-state index is 12.3. The highest BCUT2D eigenvalue weighted by Crippen LogP contribution is 2.34. The second-order valence-electron chi connectivity index (χ2n) is 7.85. The van der Waals surface area contributed by atoms with E-state index >= 15 is 0 Å². The van der Waals surface area contributed by atoms with Crippen LogP contribution < -0.4 is 0 Å². The molecule has 152 valence electrons. The first kappa shape index (κ1) is 21.7. The van der Waals surface area contributed by atoms with Gasteiger partial charge in [0.15, 0.2) is 0 Å². The Labute approximate surface area is 166 Å². The molecule has 1 aromatic rings. The molecule has 0 aromatic heterocycles. The molecule has 1 amide bonds. The Morgan fingerprint density at radius 1 is 1.29 bits per heavy atom. The molecule has 0 spiro atoms. The van der Waals surface area contributed by atoms with E-state index in [-0.39, 0.29) is 11.9 Å². The van der Waals surface area contributed by atoms with Gasteiger partial charge in [0, 0.05) is 18.7 Å². The molecule has 1 aliphatic rings. The van der Waals surface area contributed by atoms with Gasteiger partial charge in [0.25, 0.3) is 6.47 Å². The lowest BCUT2D eigenvalue weighted by molar-refractivity contribution is -0.126. The molecule has 0 radical (unpaired) electrons. The van der Waals surface area contributed by atoms with Crippen molar-refractivity contribution in [3.8, 4) is 0 Å². The predicted octanol–water partition coefficient (Wildman–Crippen LogP) is 3.83. The minimum absolute atomic E-state index is 0.210. The molecule has 1 heterocycles. The summed E-state index contributed by atoms with van der Waals surface area (Å²) in [7, 11) is 0. The summed E-state index contributed by atoms with van der Waals surface area (Å²) in [6.07, 6.45) is 1.17. The lowest BCUT2D eigenvalue weighted by Gasteiger charge is -2.31. The zero-order chi connectivity index (χ0) is 20.9. The van der Waals surface area contributed by atoms with Crippen LogP contribution in [0.1, 0.15) is 45.2 Å². The van der Waals surface area contributed by atoms with E-state index < -0.39 is 11.7 Å². The van der Waals surface area contributed by atoms with Gasteiger partial charge < -0.3 is 19.5 Å². The molecule has 28 heavy (non-hydrogen) atoms. The first-order chi connectivity index (χ1) is 13.1.